The van der Waals surface area contributed by atoms with E-state index in [1.54, 1.807) is 13.0 Å². The van der Waals surface area contributed by atoms with E-state index in [2.05, 4.69) is 5.32 Å². The van der Waals surface area contributed by atoms with Gasteiger partial charge in [-0.15, -0.1) is 0 Å². The van der Waals surface area contributed by atoms with E-state index in [1.165, 1.54) is 6.07 Å². The third kappa shape index (κ3) is 3.30. The molecule has 5 heteroatoms. The molecule has 1 fully saturated rings. The van der Waals surface area contributed by atoms with Gasteiger partial charge in [0.2, 0.25) is 0 Å². The summed E-state index contributed by atoms with van der Waals surface area (Å²) in [5.74, 6) is 0.148. The van der Waals surface area contributed by atoms with Gasteiger partial charge < -0.3 is 10.2 Å². The Labute approximate surface area is 124 Å². The first-order valence-corrected chi connectivity index (χ1v) is 7.30. The Morgan fingerprint density at radius 2 is 2.10 bits per heavy atom. The molecule has 110 valence electrons. The molecule has 1 aliphatic heterocycles. The minimum absolute atomic E-state index is 0.0963. The number of halogens is 2. The monoisotopic (exact) mass is 298 g/mol. The van der Waals surface area contributed by atoms with Crippen LogP contribution < -0.4 is 5.32 Å². The average Bonchev–Trinajstić information content (AvgIpc) is 2.43. The summed E-state index contributed by atoms with van der Waals surface area (Å²) in [6, 6.07) is 2.76. The van der Waals surface area contributed by atoms with Gasteiger partial charge in [-0.2, -0.15) is 0 Å². The van der Waals surface area contributed by atoms with E-state index in [9.17, 15) is 9.18 Å². The van der Waals surface area contributed by atoms with Crippen molar-refractivity contribution >= 4 is 17.5 Å². The number of nitrogens with one attached hydrogen (secondary N) is 1. The first-order chi connectivity index (χ1) is 9.52. The number of carbonyl (C=O) groups is 1. The third-order valence-electron chi connectivity index (χ3n) is 3.87. The minimum atomic E-state index is -0.376. The minimum Gasteiger partial charge on any atom is -0.339 e. The second kappa shape index (κ2) is 6.55. The first kappa shape index (κ1) is 15.3. The van der Waals surface area contributed by atoms with Crippen molar-refractivity contribution in [3.8, 4) is 0 Å². The summed E-state index contributed by atoms with van der Waals surface area (Å²) in [6.45, 7) is 4.09. The summed E-state index contributed by atoms with van der Waals surface area (Å²) >= 11 is 6.00. The molecule has 0 saturated carbocycles. The maximum Gasteiger partial charge on any atom is 0.255 e. The molecule has 0 bridgehead atoms. The Morgan fingerprint density at radius 3 is 2.70 bits per heavy atom. The van der Waals surface area contributed by atoms with Gasteiger partial charge in [0.25, 0.3) is 5.91 Å². The molecule has 1 aromatic carbocycles. The third-order valence-corrected chi connectivity index (χ3v) is 4.19. The number of amides is 1. The van der Waals surface area contributed by atoms with E-state index in [4.69, 9.17) is 11.6 Å². The van der Waals surface area contributed by atoms with Crippen molar-refractivity contribution in [2.24, 2.45) is 5.92 Å². The molecular weight excluding hydrogens is 279 g/mol. The van der Waals surface area contributed by atoms with Crippen LogP contribution in [0.4, 0.5) is 4.39 Å². The van der Waals surface area contributed by atoms with Crippen molar-refractivity contribution in [2.75, 3.05) is 26.7 Å². The van der Waals surface area contributed by atoms with E-state index < -0.39 is 0 Å². The predicted molar refractivity (Wildman–Crippen MR) is 78.7 cm³/mol. The molecule has 1 saturated heterocycles. The number of rotatable bonds is 3. The molecule has 1 heterocycles. The number of carbonyl (C=O) groups excluding carboxylic acids is 1. The molecule has 0 aliphatic carbocycles. The molecule has 3 nitrogen and oxygen atoms in total. The number of benzene rings is 1. The molecule has 0 unspecified atom stereocenters. The molecule has 0 aromatic heterocycles. The molecule has 1 N–H and O–H groups in total. The second-order valence-electron chi connectivity index (χ2n) is 5.37. The smallest absolute Gasteiger partial charge is 0.255 e. The Kier molecular flexibility index (Phi) is 5.00. The lowest BCUT2D eigenvalue weighted by Crippen LogP contribution is -2.40. The molecule has 2 rings (SSSR count). The van der Waals surface area contributed by atoms with Gasteiger partial charge in [-0.1, -0.05) is 11.6 Å². The summed E-state index contributed by atoms with van der Waals surface area (Å²) in [6.07, 6.45) is 1.98. The molecule has 1 amide bonds. The average molecular weight is 299 g/mol. The van der Waals surface area contributed by atoms with Gasteiger partial charge in [0.15, 0.2) is 0 Å². The fourth-order valence-corrected chi connectivity index (χ4v) is 2.85. The van der Waals surface area contributed by atoms with Crippen molar-refractivity contribution in [3.63, 3.8) is 0 Å². The highest BCUT2D eigenvalue weighted by molar-refractivity contribution is 6.33. The van der Waals surface area contributed by atoms with E-state index in [1.807, 2.05) is 11.9 Å². The van der Waals surface area contributed by atoms with Crippen molar-refractivity contribution in [1.29, 1.82) is 0 Å². The summed E-state index contributed by atoms with van der Waals surface area (Å²) in [4.78, 5) is 14.3. The van der Waals surface area contributed by atoms with E-state index in [0.29, 0.717) is 17.0 Å². The van der Waals surface area contributed by atoms with Crippen molar-refractivity contribution < 1.29 is 9.18 Å². The quantitative estimate of drug-likeness (QED) is 0.930. The van der Waals surface area contributed by atoms with E-state index in [0.717, 1.165) is 32.5 Å². The lowest BCUT2D eigenvalue weighted by atomic mass is 9.96. The topological polar surface area (TPSA) is 32.3 Å². The van der Waals surface area contributed by atoms with Gasteiger partial charge in [0, 0.05) is 13.1 Å². The SMILES string of the molecule is CNCC1CCN(C(=O)c2cc(C)c(F)cc2Cl)CC1. The van der Waals surface area contributed by atoms with Crippen molar-refractivity contribution in [2.45, 2.75) is 19.8 Å². The Morgan fingerprint density at radius 1 is 1.45 bits per heavy atom. The van der Waals surface area contributed by atoms with Gasteiger partial charge in [-0.3, -0.25) is 4.79 Å². The van der Waals surface area contributed by atoms with E-state index in [-0.39, 0.29) is 16.7 Å². The second-order valence-corrected chi connectivity index (χ2v) is 5.78. The highest BCUT2D eigenvalue weighted by atomic mass is 35.5. The standard InChI is InChI=1S/C15H20ClFN2O/c1-10-7-12(13(16)8-14(10)17)15(20)19-5-3-11(4-6-19)9-18-2/h7-8,11,18H,3-6,9H2,1-2H3. The maximum atomic E-state index is 13.4. The predicted octanol–water partition coefficient (Wildman–Crippen LogP) is 2.86. The molecule has 1 aromatic rings. The highest BCUT2D eigenvalue weighted by Crippen LogP contribution is 2.24. The lowest BCUT2D eigenvalue weighted by Gasteiger charge is -2.32. The van der Waals surface area contributed by atoms with Crippen LogP contribution in [0.1, 0.15) is 28.8 Å². The lowest BCUT2D eigenvalue weighted by molar-refractivity contribution is 0.0691. The zero-order chi connectivity index (χ0) is 14.7. The molecule has 1 aliphatic rings. The largest absolute Gasteiger partial charge is 0.339 e. The number of hydrogen-bond acceptors (Lipinski definition) is 2. The van der Waals surface area contributed by atoms with Gasteiger partial charge in [0.1, 0.15) is 5.82 Å². The van der Waals surface area contributed by atoms with Crippen LogP contribution in [0, 0.1) is 18.7 Å². The van der Waals surface area contributed by atoms with Gasteiger partial charge >= 0.3 is 0 Å². The summed E-state index contributed by atoms with van der Waals surface area (Å²) in [7, 11) is 1.94. The number of hydrogen-bond donors (Lipinski definition) is 1. The zero-order valence-corrected chi connectivity index (χ0v) is 12.6. The number of piperidine rings is 1. The van der Waals surface area contributed by atoms with Crippen LogP contribution in [-0.2, 0) is 0 Å². The zero-order valence-electron chi connectivity index (χ0n) is 11.9. The first-order valence-electron chi connectivity index (χ1n) is 6.92. The van der Waals surface area contributed by atoms with Gasteiger partial charge in [-0.25, -0.2) is 4.39 Å². The van der Waals surface area contributed by atoms with Crippen LogP contribution in [0.15, 0.2) is 12.1 Å². The van der Waals surface area contributed by atoms with Gasteiger partial charge in [0.05, 0.1) is 10.6 Å². The van der Waals surface area contributed by atoms with Gasteiger partial charge in [-0.05, 0) is 57.0 Å². The van der Waals surface area contributed by atoms with Crippen LogP contribution in [0.5, 0.6) is 0 Å². The van der Waals surface area contributed by atoms with Crippen LogP contribution in [-0.4, -0.2) is 37.5 Å². The Hall–Kier alpha value is -1.13. The highest BCUT2D eigenvalue weighted by Gasteiger charge is 2.25. The molecular formula is C15H20ClFN2O. The maximum absolute atomic E-state index is 13.4. The molecule has 0 spiro atoms. The van der Waals surface area contributed by atoms with Crippen LogP contribution in [0.25, 0.3) is 0 Å². The summed E-state index contributed by atoms with van der Waals surface area (Å²) in [5, 5.41) is 3.36. The fourth-order valence-electron chi connectivity index (χ4n) is 2.62. The Bertz CT molecular complexity index is 499. The van der Waals surface area contributed by atoms with Crippen LogP contribution in [0.3, 0.4) is 0 Å². The number of aryl methyl sites for hydroxylation is 1. The molecule has 0 radical (unpaired) electrons. The number of nitrogens with zero attached hydrogens (tertiary/aromatic N) is 1. The summed E-state index contributed by atoms with van der Waals surface area (Å²) < 4.78 is 13.4. The van der Waals surface area contributed by atoms with Crippen molar-refractivity contribution in [3.05, 3.63) is 34.1 Å². The summed E-state index contributed by atoms with van der Waals surface area (Å²) in [5.41, 5.74) is 0.848. The molecule has 0 atom stereocenters. The molecule has 20 heavy (non-hydrogen) atoms. The fraction of sp³-hybridized carbons (Fsp3) is 0.533. The van der Waals surface area contributed by atoms with Crippen molar-refractivity contribution in [1.82, 2.24) is 10.2 Å². The van der Waals surface area contributed by atoms with E-state index >= 15 is 0 Å². The normalized spacial score (nSPS) is 16.5. The number of likely N-dealkylation sites (tertiary alicyclic amines) is 1. The van der Waals surface area contributed by atoms with Crippen LogP contribution >= 0.6 is 11.6 Å². The Balaban J connectivity index is 2.07. The van der Waals surface area contributed by atoms with Crippen LogP contribution in [0.2, 0.25) is 5.02 Å².